The van der Waals surface area contributed by atoms with E-state index in [-0.39, 0.29) is 17.8 Å². The molecule has 2 aliphatic rings. The zero-order valence-electron chi connectivity index (χ0n) is 12.0. The van der Waals surface area contributed by atoms with Crippen molar-refractivity contribution in [2.75, 3.05) is 18.1 Å². The molecule has 0 spiro atoms. The second-order valence-corrected chi connectivity index (χ2v) is 6.22. The van der Waals surface area contributed by atoms with Crippen LogP contribution in [0, 0.1) is 0 Å². The Bertz CT molecular complexity index is 579. The van der Waals surface area contributed by atoms with Crippen LogP contribution >= 0.6 is 11.6 Å². The highest BCUT2D eigenvalue weighted by Crippen LogP contribution is 2.31. The average molecular weight is 308 g/mol. The van der Waals surface area contributed by atoms with Crippen molar-refractivity contribution >= 4 is 29.0 Å². The van der Waals surface area contributed by atoms with Crippen LogP contribution in [0.3, 0.4) is 0 Å². The van der Waals surface area contributed by atoms with Crippen molar-refractivity contribution in [1.29, 1.82) is 0 Å². The quantitative estimate of drug-likeness (QED) is 0.637. The summed E-state index contributed by atoms with van der Waals surface area (Å²) in [7, 11) is 0. The molecule has 5 heteroatoms. The highest BCUT2D eigenvalue weighted by atomic mass is 35.5. The highest BCUT2D eigenvalue weighted by Gasteiger charge is 2.33. The Morgan fingerprint density at radius 3 is 2.90 bits per heavy atom. The molecular formula is C16H18ClNO3. The van der Waals surface area contributed by atoms with Gasteiger partial charge in [0.25, 0.3) is 5.91 Å². The largest absolute Gasteiger partial charge is 0.368 e. The van der Waals surface area contributed by atoms with Gasteiger partial charge in [-0.05, 0) is 49.9 Å². The third-order valence-corrected chi connectivity index (χ3v) is 4.29. The van der Waals surface area contributed by atoms with E-state index in [4.69, 9.17) is 16.3 Å². The molecule has 4 nitrogen and oxygen atoms in total. The molecule has 3 rings (SSSR count). The van der Waals surface area contributed by atoms with Crippen LogP contribution in [0.2, 0.25) is 0 Å². The third kappa shape index (κ3) is 2.70. The van der Waals surface area contributed by atoms with Gasteiger partial charge in [-0.2, -0.15) is 0 Å². The van der Waals surface area contributed by atoms with Crippen LogP contribution in [-0.4, -0.2) is 36.3 Å². The average Bonchev–Trinajstić information content (AvgIpc) is 3.14. The van der Waals surface area contributed by atoms with Gasteiger partial charge in [-0.1, -0.05) is 0 Å². The molecule has 0 aromatic heterocycles. The molecule has 2 atom stereocenters. The maximum absolute atomic E-state index is 12.5. The SMILES string of the molecule is CC(Cl)C(=O)c1ccc2c(c1)CCN2C(=O)C1CCCO1. The van der Waals surface area contributed by atoms with E-state index >= 15 is 0 Å². The minimum Gasteiger partial charge on any atom is -0.368 e. The Kier molecular flexibility index (Phi) is 4.00. The van der Waals surface area contributed by atoms with Gasteiger partial charge in [-0.25, -0.2) is 0 Å². The van der Waals surface area contributed by atoms with E-state index in [1.807, 2.05) is 12.1 Å². The summed E-state index contributed by atoms with van der Waals surface area (Å²) < 4.78 is 5.47. The Labute approximate surface area is 129 Å². The molecule has 0 saturated carbocycles. The van der Waals surface area contributed by atoms with Crippen LogP contribution in [0.4, 0.5) is 5.69 Å². The topological polar surface area (TPSA) is 46.6 Å². The first-order valence-corrected chi connectivity index (χ1v) is 7.76. The Balaban J connectivity index is 1.83. The number of ether oxygens (including phenoxy) is 1. The number of alkyl halides is 1. The number of anilines is 1. The Morgan fingerprint density at radius 2 is 2.24 bits per heavy atom. The lowest BCUT2D eigenvalue weighted by Crippen LogP contribution is -2.37. The smallest absolute Gasteiger partial charge is 0.256 e. The second kappa shape index (κ2) is 5.78. The van der Waals surface area contributed by atoms with Crippen molar-refractivity contribution in [3.8, 4) is 0 Å². The van der Waals surface area contributed by atoms with Gasteiger partial charge in [0.2, 0.25) is 0 Å². The lowest BCUT2D eigenvalue weighted by molar-refractivity contribution is -0.127. The number of hydrogen-bond donors (Lipinski definition) is 0. The molecular weight excluding hydrogens is 290 g/mol. The van der Waals surface area contributed by atoms with Crippen molar-refractivity contribution in [3.05, 3.63) is 29.3 Å². The maximum atomic E-state index is 12.5. The van der Waals surface area contributed by atoms with Crippen molar-refractivity contribution in [2.24, 2.45) is 0 Å². The Hall–Kier alpha value is -1.39. The molecule has 1 aromatic carbocycles. The summed E-state index contributed by atoms with van der Waals surface area (Å²) in [6.07, 6.45) is 2.20. The van der Waals surface area contributed by atoms with E-state index < -0.39 is 5.38 Å². The third-order valence-electron chi connectivity index (χ3n) is 4.09. The normalized spacial score (nSPS) is 22.2. The monoisotopic (exact) mass is 307 g/mol. The molecule has 0 bridgehead atoms. The zero-order valence-corrected chi connectivity index (χ0v) is 12.7. The van der Waals surface area contributed by atoms with E-state index in [1.54, 1.807) is 17.9 Å². The van der Waals surface area contributed by atoms with Gasteiger partial charge in [-0.3, -0.25) is 9.59 Å². The number of amides is 1. The van der Waals surface area contributed by atoms with Crippen molar-refractivity contribution in [1.82, 2.24) is 0 Å². The molecule has 112 valence electrons. The van der Waals surface area contributed by atoms with E-state index in [0.717, 1.165) is 30.5 Å². The standard InChI is InChI=1S/C16H18ClNO3/c1-10(17)15(19)12-4-5-13-11(9-12)6-7-18(13)16(20)14-3-2-8-21-14/h4-5,9-10,14H,2-3,6-8H2,1H3. The van der Waals surface area contributed by atoms with E-state index in [9.17, 15) is 9.59 Å². The number of nitrogens with zero attached hydrogens (tertiary/aromatic N) is 1. The van der Waals surface area contributed by atoms with Gasteiger partial charge in [0.05, 0.1) is 5.38 Å². The molecule has 1 fully saturated rings. The first-order chi connectivity index (χ1) is 10.1. The number of carbonyl (C=O) groups is 2. The number of ketones is 1. The highest BCUT2D eigenvalue weighted by molar-refractivity contribution is 6.33. The van der Waals surface area contributed by atoms with Gasteiger partial charge < -0.3 is 9.64 Å². The molecule has 0 aliphatic carbocycles. The molecule has 0 N–H and O–H groups in total. The van der Waals surface area contributed by atoms with Gasteiger partial charge in [0.15, 0.2) is 5.78 Å². The molecule has 1 saturated heterocycles. The molecule has 0 radical (unpaired) electrons. The van der Waals surface area contributed by atoms with E-state index in [2.05, 4.69) is 0 Å². The lowest BCUT2D eigenvalue weighted by atomic mass is 10.0. The Morgan fingerprint density at radius 1 is 1.43 bits per heavy atom. The van der Waals surface area contributed by atoms with Crippen LogP contribution in [0.1, 0.15) is 35.7 Å². The van der Waals surface area contributed by atoms with Crippen molar-refractivity contribution in [3.63, 3.8) is 0 Å². The number of Topliss-reactive ketones (excluding diaryl/α,β-unsaturated/α-hetero) is 1. The van der Waals surface area contributed by atoms with Crippen LogP contribution < -0.4 is 4.90 Å². The molecule has 1 aromatic rings. The fourth-order valence-electron chi connectivity index (χ4n) is 2.96. The molecule has 21 heavy (non-hydrogen) atoms. The van der Waals surface area contributed by atoms with Crippen molar-refractivity contribution in [2.45, 2.75) is 37.7 Å². The fourth-order valence-corrected chi connectivity index (χ4v) is 3.09. The van der Waals surface area contributed by atoms with Gasteiger partial charge in [0.1, 0.15) is 6.10 Å². The number of halogens is 1. The summed E-state index contributed by atoms with van der Waals surface area (Å²) in [5.74, 6) is -0.0422. The summed E-state index contributed by atoms with van der Waals surface area (Å²) in [5, 5.41) is -0.533. The predicted molar refractivity (Wildman–Crippen MR) is 81.1 cm³/mol. The first-order valence-electron chi connectivity index (χ1n) is 7.32. The second-order valence-electron chi connectivity index (χ2n) is 5.57. The van der Waals surface area contributed by atoms with Gasteiger partial charge in [0, 0.05) is 24.4 Å². The lowest BCUT2D eigenvalue weighted by Gasteiger charge is -2.21. The van der Waals surface area contributed by atoms with Crippen LogP contribution in [-0.2, 0) is 16.0 Å². The van der Waals surface area contributed by atoms with Crippen LogP contribution in [0.5, 0.6) is 0 Å². The van der Waals surface area contributed by atoms with Crippen LogP contribution in [0.15, 0.2) is 18.2 Å². The summed E-state index contributed by atoms with van der Waals surface area (Å²) in [6, 6.07) is 5.46. The summed E-state index contributed by atoms with van der Waals surface area (Å²) >= 11 is 5.85. The first kappa shape index (κ1) is 14.5. The number of hydrogen-bond acceptors (Lipinski definition) is 3. The minimum absolute atomic E-state index is 0.0380. The summed E-state index contributed by atoms with van der Waals surface area (Å²) in [4.78, 5) is 26.2. The number of rotatable bonds is 3. The summed E-state index contributed by atoms with van der Waals surface area (Å²) in [6.45, 7) is 2.99. The molecule has 1 amide bonds. The molecule has 2 unspecified atom stereocenters. The van der Waals surface area contributed by atoms with E-state index in [1.165, 1.54) is 0 Å². The van der Waals surface area contributed by atoms with Gasteiger partial charge in [-0.15, -0.1) is 11.6 Å². The van der Waals surface area contributed by atoms with Gasteiger partial charge >= 0.3 is 0 Å². The zero-order chi connectivity index (χ0) is 15.0. The number of carbonyl (C=O) groups excluding carboxylic acids is 2. The van der Waals surface area contributed by atoms with Crippen LogP contribution in [0.25, 0.3) is 0 Å². The number of benzene rings is 1. The summed E-state index contributed by atoms with van der Waals surface area (Å²) in [5.41, 5.74) is 2.54. The molecule has 2 aliphatic heterocycles. The number of fused-ring (bicyclic) bond motifs is 1. The minimum atomic E-state index is -0.533. The molecule has 2 heterocycles. The van der Waals surface area contributed by atoms with E-state index in [0.29, 0.717) is 18.7 Å². The maximum Gasteiger partial charge on any atom is 0.256 e. The predicted octanol–water partition coefficient (Wildman–Crippen LogP) is 2.56. The van der Waals surface area contributed by atoms with Crippen molar-refractivity contribution < 1.29 is 14.3 Å². The fraction of sp³-hybridized carbons (Fsp3) is 0.500.